The Morgan fingerprint density at radius 2 is 1.69 bits per heavy atom. The lowest BCUT2D eigenvalue weighted by Crippen LogP contribution is -2.46. The Hall–Kier alpha value is -0.0800. The van der Waals surface area contributed by atoms with E-state index in [0.29, 0.717) is 11.5 Å². The highest BCUT2D eigenvalue weighted by atomic mass is 16.5. The van der Waals surface area contributed by atoms with Crippen LogP contribution >= 0.6 is 0 Å². The van der Waals surface area contributed by atoms with Crippen LogP contribution < -0.4 is 5.32 Å². The second-order valence-electron chi connectivity index (χ2n) is 7.07. The van der Waals surface area contributed by atoms with E-state index in [1.54, 1.807) is 0 Å². The van der Waals surface area contributed by atoms with Gasteiger partial charge in [0.2, 0.25) is 0 Å². The number of hydrogen-bond acceptors (Lipinski definition) is 2. The summed E-state index contributed by atoms with van der Waals surface area (Å²) in [6.07, 6.45) is 6.40. The second-order valence-corrected chi connectivity index (χ2v) is 7.07. The van der Waals surface area contributed by atoms with E-state index in [0.717, 1.165) is 19.1 Å². The smallest absolute Gasteiger partial charge is 0.0641 e. The third-order valence-corrected chi connectivity index (χ3v) is 4.14. The number of ether oxygens (including phenoxy) is 1. The molecule has 0 aromatic heterocycles. The molecular weight excluding hydrogens is 198 g/mol. The van der Waals surface area contributed by atoms with E-state index in [1.807, 2.05) is 0 Å². The minimum Gasteiger partial charge on any atom is -0.375 e. The van der Waals surface area contributed by atoms with Gasteiger partial charge in [0.25, 0.3) is 0 Å². The van der Waals surface area contributed by atoms with Crippen LogP contribution in [-0.2, 0) is 4.74 Å². The van der Waals surface area contributed by atoms with Gasteiger partial charge in [0.05, 0.1) is 5.60 Å². The topological polar surface area (TPSA) is 21.3 Å². The Bertz CT molecular complexity index is 247. The fraction of sp³-hybridized carbons (Fsp3) is 1.00. The van der Waals surface area contributed by atoms with Crippen molar-refractivity contribution in [3.05, 3.63) is 0 Å². The molecule has 0 bridgehead atoms. The molecule has 0 amide bonds. The van der Waals surface area contributed by atoms with Gasteiger partial charge in [0.15, 0.2) is 0 Å². The zero-order valence-electron chi connectivity index (χ0n) is 11.3. The number of rotatable bonds is 2. The van der Waals surface area contributed by atoms with Crippen LogP contribution in [0.4, 0.5) is 0 Å². The van der Waals surface area contributed by atoms with Crippen molar-refractivity contribution in [2.75, 3.05) is 6.61 Å². The molecule has 2 fully saturated rings. The molecule has 1 heterocycles. The molecule has 1 saturated carbocycles. The normalized spacial score (nSPS) is 37.5. The summed E-state index contributed by atoms with van der Waals surface area (Å²) in [6.45, 7) is 10.1. The molecule has 0 radical (unpaired) electrons. The molecule has 1 aliphatic heterocycles. The average Bonchev–Trinajstić information content (AvgIpc) is 2.43. The van der Waals surface area contributed by atoms with Gasteiger partial charge >= 0.3 is 0 Å². The first-order valence-electron chi connectivity index (χ1n) is 6.76. The van der Waals surface area contributed by atoms with Crippen molar-refractivity contribution in [1.29, 1.82) is 0 Å². The van der Waals surface area contributed by atoms with Crippen LogP contribution in [-0.4, -0.2) is 24.3 Å². The highest BCUT2D eigenvalue weighted by molar-refractivity contribution is 4.91. The van der Waals surface area contributed by atoms with Crippen LogP contribution in [0.5, 0.6) is 0 Å². The Morgan fingerprint density at radius 1 is 1.00 bits per heavy atom. The first-order chi connectivity index (χ1) is 7.36. The molecule has 0 aromatic rings. The van der Waals surface area contributed by atoms with Gasteiger partial charge in [0, 0.05) is 18.7 Å². The highest BCUT2D eigenvalue weighted by Crippen LogP contribution is 2.37. The Morgan fingerprint density at radius 3 is 2.25 bits per heavy atom. The summed E-state index contributed by atoms with van der Waals surface area (Å²) in [5.41, 5.74) is 0.627. The van der Waals surface area contributed by atoms with Crippen LogP contribution in [0.25, 0.3) is 0 Å². The van der Waals surface area contributed by atoms with Gasteiger partial charge < -0.3 is 10.1 Å². The molecule has 16 heavy (non-hydrogen) atoms. The molecule has 2 unspecified atom stereocenters. The molecule has 1 N–H and O–H groups in total. The molecule has 0 spiro atoms. The highest BCUT2D eigenvalue weighted by Gasteiger charge is 2.34. The molecule has 2 rings (SSSR count). The summed E-state index contributed by atoms with van der Waals surface area (Å²) in [5, 5.41) is 3.85. The molecule has 2 nitrogen and oxygen atoms in total. The van der Waals surface area contributed by atoms with Crippen molar-refractivity contribution < 1.29 is 4.74 Å². The Labute approximate surface area is 100 Å². The van der Waals surface area contributed by atoms with Gasteiger partial charge in [0.1, 0.15) is 0 Å². The predicted molar refractivity (Wildman–Crippen MR) is 67.6 cm³/mol. The van der Waals surface area contributed by atoms with Crippen LogP contribution in [0.2, 0.25) is 0 Å². The number of hydrogen-bond donors (Lipinski definition) is 1. The molecule has 0 aromatic carbocycles. The van der Waals surface area contributed by atoms with E-state index in [1.165, 1.54) is 25.7 Å². The zero-order valence-corrected chi connectivity index (χ0v) is 11.3. The fourth-order valence-electron chi connectivity index (χ4n) is 3.29. The molecule has 94 valence electrons. The van der Waals surface area contributed by atoms with Gasteiger partial charge in [-0.05, 0) is 51.4 Å². The van der Waals surface area contributed by atoms with Gasteiger partial charge in [-0.2, -0.15) is 0 Å². The fourth-order valence-corrected chi connectivity index (χ4v) is 3.29. The summed E-state index contributed by atoms with van der Waals surface area (Å²) in [4.78, 5) is 0. The van der Waals surface area contributed by atoms with Gasteiger partial charge in [-0.3, -0.25) is 0 Å². The van der Waals surface area contributed by atoms with Crippen molar-refractivity contribution >= 4 is 0 Å². The van der Waals surface area contributed by atoms with Crippen LogP contribution in [0.3, 0.4) is 0 Å². The third kappa shape index (κ3) is 3.21. The molecular formula is C14H27NO. The van der Waals surface area contributed by atoms with E-state index in [4.69, 9.17) is 4.74 Å². The summed E-state index contributed by atoms with van der Waals surface area (Å²) < 4.78 is 5.76. The summed E-state index contributed by atoms with van der Waals surface area (Å²) in [7, 11) is 0. The minimum atomic E-state index is 0.0735. The van der Waals surface area contributed by atoms with Gasteiger partial charge in [-0.25, -0.2) is 0 Å². The molecule has 2 heteroatoms. The quantitative estimate of drug-likeness (QED) is 0.779. The molecule has 1 saturated heterocycles. The van der Waals surface area contributed by atoms with Crippen molar-refractivity contribution in [1.82, 2.24) is 5.32 Å². The van der Waals surface area contributed by atoms with Crippen molar-refractivity contribution in [3.8, 4) is 0 Å². The summed E-state index contributed by atoms with van der Waals surface area (Å²) in [6, 6.07) is 1.41. The lowest BCUT2D eigenvalue weighted by atomic mass is 9.91. The first-order valence-corrected chi connectivity index (χ1v) is 6.76. The van der Waals surface area contributed by atoms with E-state index in [9.17, 15) is 0 Å². The molecule has 1 aliphatic carbocycles. The van der Waals surface area contributed by atoms with Crippen LogP contribution in [0, 0.1) is 5.41 Å². The summed E-state index contributed by atoms with van der Waals surface area (Å²) >= 11 is 0. The van der Waals surface area contributed by atoms with Crippen molar-refractivity contribution in [3.63, 3.8) is 0 Å². The second kappa shape index (κ2) is 4.30. The lowest BCUT2D eigenvalue weighted by molar-refractivity contribution is -0.0641. The first kappa shape index (κ1) is 12.4. The maximum Gasteiger partial charge on any atom is 0.0641 e. The zero-order chi connectivity index (χ0) is 11.8. The summed E-state index contributed by atoms with van der Waals surface area (Å²) in [5.74, 6) is 0. The van der Waals surface area contributed by atoms with E-state index < -0.39 is 0 Å². The largest absolute Gasteiger partial charge is 0.375 e. The lowest BCUT2D eigenvalue weighted by Gasteiger charge is -2.37. The monoisotopic (exact) mass is 225 g/mol. The molecule has 2 aliphatic rings. The predicted octanol–water partition coefficient (Wildman–Crippen LogP) is 3.11. The van der Waals surface area contributed by atoms with Crippen molar-refractivity contribution in [2.24, 2.45) is 5.41 Å². The third-order valence-electron chi connectivity index (χ3n) is 4.14. The van der Waals surface area contributed by atoms with Gasteiger partial charge in [-0.15, -0.1) is 0 Å². The van der Waals surface area contributed by atoms with E-state index in [-0.39, 0.29) is 5.60 Å². The SMILES string of the molecule is CC1(C)CCC(NC2CCOC(C)(C)C2)C1. The average molecular weight is 225 g/mol. The Balaban J connectivity index is 1.82. The number of nitrogens with one attached hydrogen (secondary N) is 1. The van der Waals surface area contributed by atoms with Crippen molar-refractivity contribution in [2.45, 2.75) is 77.5 Å². The maximum absolute atomic E-state index is 5.76. The van der Waals surface area contributed by atoms with Gasteiger partial charge in [-0.1, -0.05) is 13.8 Å². The minimum absolute atomic E-state index is 0.0735. The maximum atomic E-state index is 5.76. The van der Waals surface area contributed by atoms with Crippen LogP contribution in [0.15, 0.2) is 0 Å². The Kier molecular flexibility index (Phi) is 3.33. The van der Waals surface area contributed by atoms with E-state index >= 15 is 0 Å². The standard InChI is InChI=1S/C14H27NO/c1-13(2)7-5-11(9-13)15-12-6-8-16-14(3,4)10-12/h11-12,15H,5-10H2,1-4H3. The van der Waals surface area contributed by atoms with Crippen LogP contribution in [0.1, 0.15) is 59.8 Å². The van der Waals surface area contributed by atoms with E-state index in [2.05, 4.69) is 33.0 Å². The molecule has 2 atom stereocenters.